The molecule has 0 amide bonds. The van der Waals surface area contributed by atoms with Crippen LogP contribution >= 0.6 is 0 Å². The number of anilines is 1. The Bertz CT molecular complexity index is 698. The molecule has 5 nitrogen and oxygen atoms in total. The first-order chi connectivity index (χ1) is 10.2. The number of nitrogens with zero attached hydrogens (tertiary/aromatic N) is 3. The number of aromatic amines is 1. The van der Waals surface area contributed by atoms with Crippen LogP contribution in [0.1, 0.15) is 38.8 Å². The highest BCUT2D eigenvalue weighted by molar-refractivity contribution is 5.97. The Labute approximate surface area is 124 Å². The van der Waals surface area contributed by atoms with Crippen LogP contribution in [-0.2, 0) is 0 Å². The van der Waals surface area contributed by atoms with E-state index < -0.39 is 0 Å². The molecule has 5 heteroatoms. The summed E-state index contributed by atoms with van der Waals surface area (Å²) in [6.07, 6.45) is 11.6. The number of fused-ring (bicyclic) bond motifs is 1. The van der Waals surface area contributed by atoms with Crippen LogP contribution in [0.25, 0.3) is 16.6 Å². The molecule has 0 fully saturated rings. The second-order valence-corrected chi connectivity index (χ2v) is 5.70. The molecule has 0 aromatic carbocycles. The molecule has 21 heavy (non-hydrogen) atoms. The van der Waals surface area contributed by atoms with E-state index in [4.69, 9.17) is 5.73 Å². The van der Waals surface area contributed by atoms with Gasteiger partial charge in [-0.3, -0.25) is 5.10 Å². The fourth-order valence-electron chi connectivity index (χ4n) is 3.01. The Hall–Kier alpha value is -2.17. The van der Waals surface area contributed by atoms with Crippen molar-refractivity contribution in [1.29, 1.82) is 0 Å². The number of rotatable bonds is 2. The molecule has 2 atom stereocenters. The summed E-state index contributed by atoms with van der Waals surface area (Å²) in [4.78, 5) is 8.23. The molecule has 3 N–H and O–H groups in total. The Kier molecular flexibility index (Phi) is 3.73. The van der Waals surface area contributed by atoms with Crippen LogP contribution in [0.2, 0.25) is 0 Å². The monoisotopic (exact) mass is 283 g/mol. The number of nitrogen functional groups attached to an aromatic ring is 1. The lowest BCUT2D eigenvalue weighted by molar-refractivity contribution is 0.393. The van der Waals surface area contributed by atoms with E-state index in [2.05, 4.69) is 52.2 Å². The van der Waals surface area contributed by atoms with E-state index >= 15 is 0 Å². The van der Waals surface area contributed by atoms with Gasteiger partial charge in [0, 0.05) is 0 Å². The lowest BCUT2D eigenvalue weighted by atomic mass is 9.85. The van der Waals surface area contributed by atoms with Crippen molar-refractivity contribution in [2.75, 3.05) is 5.73 Å². The Morgan fingerprint density at radius 3 is 3.05 bits per heavy atom. The standard InChI is InChI=1S/C16H21N5/c1-3-11-7-8-12(6-4-5-10(11)2)14-13-15(17)18-9-19-16(13)21-20-14/h6-11H,3-5H2,1-2H3,(H3,17,18,19,20,21)/b8-7?,12-6+. The van der Waals surface area contributed by atoms with Crippen LogP contribution < -0.4 is 5.73 Å². The van der Waals surface area contributed by atoms with Gasteiger partial charge in [0.25, 0.3) is 0 Å². The minimum atomic E-state index is 0.473. The third-order valence-corrected chi connectivity index (χ3v) is 4.38. The van der Waals surface area contributed by atoms with E-state index in [9.17, 15) is 0 Å². The van der Waals surface area contributed by atoms with Gasteiger partial charge in [-0.25, -0.2) is 9.97 Å². The topological polar surface area (TPSA) is 80.5 Å². The van der Waals surface area contributed by atoms with Gasteiger partial charge in [-0.15, -0.1) is 0 Å². The molecule has 0 radical (unpaired) electrons. The van der Waals surface area contributed by atoms with Gasteiger partial charge in [0.2, 0.25) is 0 Å². The first kappa shape index (κ1) is 13.8. The van der Waals surface area contributed by atoms with Crippen LogP contribution in [-0.4, -0.2) is 20.2 Å². The highest BCUT2D eigenvalue weighted by atomic mass is 15.2. The van der Waals surface area contributed by atoms with Crippen molar-refractivity contribution in [3.05, 3.63) is 30.2 Å². The fraction of sp³-hybridized carbons (Fsp3) is 0.438. The Morgan fingerprint density at radius 2 is 2.24 bits per heavy atom. The highest BCUT2D eigenvalue weighted by Gasteiger charge is 2.17. The Balaban J connectivity index is 2.04. The van der Waals surface area contributed by atoms with Gasteiger partial charge in [-0.1, -0.05) is 32.1 Å². The normalized spacial score (nSPS) is 25.3. The third-order valence-electron chi connectivity index (χ3n) is 4.38. The number of hydrogen-bond acceptors (Lipinski definition) is 4. The van der Waals surface area contributed by atoms with E-state index in [1.807, 2.05) is 0 Å². The van der Waals surface area contributed by atoms with Crippen LogP contribution in [0.3, 0.4) is 0 Å². The number of aromatic nitrogens is 4. The van der Waals surface area contributed by atoms with Gasteiger partial charge in [0.15, 0.2) is 5.65 Å². The molecule has 0 saturated heterocycles. The molecule has 110 valence electrons. The third kappa shape index (κ3) is 2.55. The van der Waals surface area contributed by atoms with Crippen LogP contribution in [0, 0.1) is 11.8 Å². The van der Waals surface area contributed by atoms with Gasteiger partial charge < -0.3 is 5.73 Å². The van der Waals surface area contributed by atoms with E-state index in [0.717, 1.165) is 29.0 Å². The van der Waals surface area contributed by atoms with Gasteiger partial charge in [-0.05, 0) is 36.7 Å². The summed E-state index contributed by atoms with van der Waals surface area (Å²) >= 11 is 0. The molecule has 0 bridgehead atoms. The largest absolute Gasteiger partial charge is 0.383 e. The maximum absolute atomic E-state index is 5.99. The quantitative estimate of drug-likeness (QED) is 0.885. The zero-order valence-electron chi connectivity index (χ0n) is 12.5. The summed E-state index contributed by atoms with van der Waals surface area (Å²) in [5, 5.41) is 8.11. The van der Waals surface area contributed by atoms with Gasteiger partial charge in [0.1, 0.15) is 12.1 Å². The number of nitrogens with two attached hydrogens (primary N) is 1. The van der Waals surface area contributed by atoms with Gasteiger partial charge in [-0.2, -0.15) is 5.10 Å². The molecule has 2 unspecified atom stereocenters. The van der Waals surface area contributed by atoms with Crippen molar-refractivity contribution in [3.63, 3.8) is 0 Å². The summed E-state index contributed by atoms with van der Waals surface area (Å²) in [7, 11) is 0. The van der Waals surface area contributed by atoms with E-state index in [1.54, 1.807) is 0 Å². The minimum Gasteiger partial charge on any atom is -0.383 e. The van der Waals surface area contributed by atoms with E-state index in [-0.39, 0.29) is 0 Å². The second kappa shape index (κ2) is 5.68. The predicted octanol–water partition coefficient (Wildman–Crippen LogP) is 3.33. The minimum absolute atomic E-state index is 0.473. The average molecular weight is 283 g/mol. The van der Waals surface area contributed by atoms with E-state index in [1.165, 1.54) is 19.2 Å². The van der Waals surface area contributed by atoms with Crippen LogP contribution in [0.4, 0.5) is 5.82 Å². The smallest absolute Gasteiger partial charge is 0.186 e. The second-order valence-electron chi connectivity index (χ2n) is 5.70. The van der Waals surface area contributed by atoms with Crippen molar-refractivity contribution >= 4 is 22.4 Å². The van der Waals surface area contributed by atoms with Crippen molar-refractivity contribution in [2.24, 2.45) is 11.8 Å². The van der Waals surface area contributed by atoms with Crippen molar-refractivity contribution in [2.45, 2.75) is 33.1 Å². The fourth-order valence-corrected chi connectivity index (χ4v) is 3.01. The van der Waals surface area contributed by atoms with Gasteiger partial charge >= 0.3 is 0 Å². The lowest BCUT2D eigenvalue weighted by Crippen LogP contribution is -2.09. The SMILES string of the molecule is CCC1C=C/C(c2[nH]nc3ncnc(N)c23)=C\CCC1C. The Morgan fingerprint density at radius 1 is 1.38 bits per heavy atom. The van der Waals surface area contributed by atoms with E-state index in [0.29, 0.717) is 17.4 Å². The van der Waals surface area contributed by atoms with Crippen LogP contribution in [0.5, 0.6) is 0 Å². The molecule has 0 spiro atoms. The summed E-state index contributed by atoms with van der Waals surface area (Å²) in [5.41, 5.74) is 8.66. The summed E-state index contributed by atoms with van der Waals surface area (Å²) < 4.78 is 0. The van der Waals surface area contributed by atoms with Crippen molar-refractivity contribution in [3.8, 4) is 0 Å². The molecule has 0 saturated carbocycles. The molecule has 3 rings (SSSR count). The zero-order chi connectivity index (χ0) is 14.8. The maximum Gasteiger partial charge on any atom is 0.186 e. The number of allylic oxidation sites excluding steroid dienone is 4. The maximum atomic E-state index is 5.99. The molecule has 1 aliphatic carbocycles. The molecular formula is C16H21N5. The summed E-state index contributed by atoms with van der Waals surface area (Å²) in [6.45, 7) is 4.57. The van der Waals surface area contributed by atoms with Crippen LogP contribution in [0.15, 0.2) is 24.6 Å². The van der Waals surface area contributed by atoms with Crippen molar-refractivity contribution in [1.82, 2.24) is 20.2 Å². The molecule has 2 heterocycles. The molecule has 2 aromatic rings. The first-order valence-corrected chi connectivity index (χ1v) is 7.54. The number of hydrogen-bond donors (Lipinski definition) is 2. The predicted molar refractivity (Wildman–Crippen MR) is 85.4 cm³/mol. The number of nitrogens with one attached hydrogen (secondary N) is 1. The average Bonchev–Trinajstić information content (AvgIpc) is 2.89. The first-order valence-electron chi connectivity index (χ1n) is 7.54. The molecule has 2 aromatic heterocycles. The lowest BCUT2D eigenvalue weighted by Gasteiger charge is -2.21. The molecule has 1 aliphatic rings. The van der Waals surface area contributed by atoms with Gasteiger partial charge in [0.05, 0.1) is 11.1 Å². The highest BCUT2D eigenvalue weighted by Crippen LogP contribution is 2.31. The zero-order valence-corrected chi connectivity index (χ0v) is 12.5. The summed E-state index contributed by atoms with van der Waals surface area (Å²) in [5.74, 6) is 1.81. The molecular weight excluding hydrogens is 262 g/mol. The van der Waals surface area contributed by atoms with Crippen molar-refractivity contribution < 1.29 is 0 Å². The number of H-pyrrole nitrogens is 1. The molecule has 0 aliphatic heterocycles. The summed E-state index contributed by atoms with van der Waals surface area (Å²) in [6, 6.07) is 0.